The molecule has 0 aliphatic heterocycles. The van der Waals surface area contributed by atoms with Crippen LogP contribution in [-0.4, -0.2) is 15.9 Å². The van der Waals surface area contributed by atoms with Crippen LogP contribution in [0.2, 0.25) is 0 Å². The highest BCUT2D eigenvalue weighted by molar-refractivity contribution is 5.96. The average Bonchev–Trinajstić information content (AvgIpc) is 3.11. The summed E-state index contributed by atoms with van der Waals surface area (Å²) in [6, 6.07) is 17.0. The maximum atomic E-state index is 12.2. The monoisotopic (exact) mass is 329 g/mol. The van der Waals surface area contributed by atoms with Gasteiger partial charge < -0.3 is 9.73 Å². The summed E-state index contributed by atoms with van der Waals surface area (Å²) in [4.78, 5) is 20.7. The van der Waals surface area contributed by atoms with Gasteiger partial charge in [-0.3, -0.25) is 14.8 Å². The minimum Gasteiger partial charge on any atom is -0.451 e. The average molecular weight is 329 g/mol. The molecule has 0 aliphatic rings. The number of aromatic nitrogens is 2. The molecule has 0 spiro atoms. The lowest BCUT2D eigenvalue weighted by molar-refractivity contribution is 0.0925. The van der Waals surface area contributed by atoms with Crippen molar-refractivity contribution in [3.8, 4) is 11.3 Å². The summed E-state index contributed by atoms with van der Waals surface area (Å²) in [7, 11) is 0. The number of benzene rings is 1. The first-order valence-corrected chi connectivity index (χ1v) is 7.92. The van der Waals surface area contributed by atoms with E-state index in [1.54, 1.807) is 24.7 Å². The van der Waals surface area contributed by atoms with E-state index in [1.165, 1.54) is 0 Å². The molecular formula is C20H15N3O2. The lowest BCUT2D eigenvalue weighted by Crippen LogP contribution is -2.22. The van der Waals surface area contributed by atoms with Crippen LogP contribution in [0.5, 0.6) is 0 Å². The Labute approximate surface area is 144 Å². The number of hydrogen-bond donors (Lipinski definition) is 1. The second-order valence-corrected chi connectivity index (χ2v) is 5.62. The van der Waals surface area contributed by atoms with Crippen LogP contribution in [-0.2, 0) is 6.54 Å². The maximum absolute atomic E-state index is 12.2. The van der Waals surface area contributed by atoms with E-state index in [4.69, 9.17) is 4.42 Å². The molecule has 1 amide bonds. The molecular weight excluding hydrogens is 314 g/mol. The van der Waals surface area contributed by atoms with Gasteiger partial charge in [0.05, 0.1) is 5.69 Å². The van der Waals surface area contributed by atoms with Gasteiger partial charge in [0.15, 0.2) is 5.76 Å². The Hall–Kier alpha value is -3.47. The van der Waals surface area contributed by atoms with Gasteiger partial charge in [-0.15, -0.1) is 0 Å². The number of carbonyl (C=O) groups is 1. The second kappa shape index (κ2) is 6.57. The summed E-state index contributed by atoms with van der Waals surface area (Å²) in [5.74, 6) is 0.0636. The number of hydrogen-bond acceptors (Lipinski definition) is 4. The van der Waals surface area contributed by atoms with E-state index in [2.05, 4.69) is 15.3 Å². The molecule has 0 radical (unpaired) electrons. The molecule has 1 N–H and O–H groups in total. The summed E-state index contributed by atoms with van der Waals surface area (Å²) < 4.78 is 5.56. The van der Waals surface area contributed by atoms with Gasteiger partial charge in [-0.2, -0.15) is 0 Å². The van der Waals surface area contributed by atoms with Crippen molar-refractivity contribution in [3.63, 3.8) is 0 Å². The van der Waals surface area contributed by atoms with Crippen LogP contribution in [0, 0.1) is 0 Å². The molecule has 0 unspecified atom stereocenters. The van der Waals surface area contributed by atoms with Crippen LogP contribution in [0.3, 0.4) is 0 Å². The molecule has 25 heavy (non-hydrogen) atoms. The highest BCUT2D eigenvalue weighted by atomic mass is 16.3. The number of nitrogens with one attached hydrogen (secondary N) is 1. The van der Waals surface area contributed by atoms with E-state index >= 15 is 0 Å². The molecule has 0 saturated heterocycles. The van der Waals surface area contributed by atoms with Gasteiger partial charge >= 0.3 is 0 Å². The summed E-state index contributed by atoms with van der Waals surface area (Å²) in [5, 5.41) is 3.76. The van der Waals surface area contributed by atoms with Crippen LogP contribution in [0.15, 0.2) is 77.6 Å². The lowest BCUT2D eigenvalue weighted by atomic mass is 10.1. The van der Waals surface area contributed by atoms with Gasteiger partial charge in [-0.05, 0) is 35.9 Å². The van der Waals surface area contributed by atoms with Crippen molar-refractivity contribution in [3.05, 3.63) is 84.5 Å². The van der Waals surface area contributed by atoms with Gasteiger partial charge in [-0.1, -0.05) is 24.3 Å². The Balaban J connectivity index is 1.43. The molecule has 0 aliphatic carbocycles. The number of carbonyl (C=O) groups excluding carboxylic acids is 1. The normalized spacial score (nSPS) is 10.7. The Bertz CT molecular complexity index is 975. The molecule has 0 atom stereocenters. The van der Waals surface area contributed by atoms with Crippen molar-refractivity contribution < 1.29 is 9.21 Å². The van der Waals surface area contributed by atoms with Crippen LogP contribution in [0.25, 0.3) is 22.2 Å². The zero-order valence-corrected chi connectivity index (χ0v) is 13.3. The van der Waals surface area contributed by atoms with Crippen LogP contribution < -0.4 is 5.32 Å². The Morgan fingerprint density at radius 3 is 2.72 bits per heavy atom. The summed E-state index contributed by atoms with van der Waals surface area (Å²) in [6.45, 7) is 0.385. The number of para-hydroxylation sites is 1. The van der Waals surface area contributed by atoms with E-state index in [0.29, 0.717) is 17.9 Å². The van der Waals surface area contributed by atoms with Crippen molar-refractivity contribution in [2.75, 3.05) is 0 Å². The fourth-order valence-electron chi connectivity index (χ4n) is 2.58. The van der Waals surface area contributed by atoms with Crippen molar-refractivity contribution >= 4 is 16.9 Å². The van der Waals surface area contributed by atoms with Crippen molar-refractivity contribution in [1.29, 1.82) is 0 Å². The lowest BCUT2D eigenvalue weighted by Gasteiger charge is -2.05. The van der Waals surface area contributed by atoms with Crippen molar-refractivity contribution in [2.24, 2.45) is 0 Å². The zero-order valence-electron chi connectivity index (χ0n) is 13.3. The number of amides is 1. The molecule has 3 heterocycles. The number of rotatable bonds is 4. The first-order valence-electron chi connectivity index (χ1n) is 7.92. The highest BCUT2D eigenvalue weighted by Gasteiger charge is 2.11. The molecule has 0 fully saturated rings. The minimum atomic E-state index is -0.243. The standard InChI is InChI=1S/C20H15N3O2/c24-20(19-10-15-4-1-2-6-18(15)25-19)23-12-14-7-8-17(22-11-14)16-5-3-9-21-13-16/h1-11,13H,12H2,(H,23,24). The fourth-order valence-corrected chi connectivity index (χ4v) is 2.58. The van der Waals surface area contributed by atoms with Gasteiger partial charge in [0.25, 0.3) is 5.91 Å². The highest BCUT2D eigenvalue weighted by Crippen LogP contribution is 2.19. The zero-order chi connectivity index (χ0) is 17.1. The Morgan fingerprint density at radius 2 is 1.96 bits per heavy atom. The first kappa shape index (κ1) is 15.1. The third-order valence-electron chi connectivity index (χ3n) is 3.88. The maximum Gasteiger partial charge on any atom is 0.287 e. The molecule has 5 nitrogen and oxygen atoms in total. The van der Waals surface area contributed by atoms with Crippen molar-refractivity contribution in [1.82, 2.24) is 15.3 Å². The largest absolute Gasteiger partial charge is 0.451 e. The number of pyridine rings is 2. The van der Waals surface area contributed by atoms with Crippen LogP contribution >= 0.6 is 0 Å². The van der Waals surface area contributed by atoms with Crippen molar-refractivity contribution in [2.45, 2.75) is 6.54 Å². The Kier molecular flexibility index (Phi) is 3.96. The second-order valence-electron chi connectivity index (χ2n) is 5.62. The number of fused-ring (bicyclic) bond motifs is 1. The van der Waals surface area contributed by atoms with Gasteiger partial charge in [-0.25, -0.2) is 0 Å². The third kappa shape index (κ3) is 3.26. The van der Waals surface area contributed by atoms with Gasteiger partial charge in [0.2, 0.25) is 0 Å². The van der Waals surface area contributed by atoms with E-state index < -0.39 is 0 Å². The van der Waals surface area contributed by atoms with Gasteiger partial charge in [0.1, 0.15) is 5.58 Å². The number of nitrogens with zero attached hydrogens (tertiary/aromatic N) is 2. The quantitative estimate of drug-likeness (QED) is 0.618. The topological polar surface area (TPSA) is 68.0 Å². The molecule has 0 bridgehead atoms. The molecule has 1 aromatic carbocycles. The molecule has 3 aromatic heterocycles. The third-order valence-corrected chi connectivity index (χ3v) is 3.88. The summed E-state index contributed by atoms with van der Waals surface area (Å²) >= 11 is 0. The summed E-state index contributed by atoms with van der Waals surface area (Å²) in [6.07, 6.45) is 5.25. The molecule has 5 heteroatoms. The molecule has 4 rings (SSSR count). The first-order chi connectivity index (χ1) is 12.3. The van der Waals surface area contributed by atoms with E-state index in [0.717, 1.165) is 22.2 Å². The van der Waals surface area contributed by atoms with Crippen LogP contribution in [0.4, 0.5) is 0 Å². The van der Waals surface area contributed by atoms with E-state index in [-0.39, 0.29) is 5.91 Å². The predicted molar refractivity (Wildman–Crippen MR) is 94.9 cm³/mol. The minimum absolute atomic E-state index is 0.243. The van der Waals surface area contributed by atoms with E-state index in [1.807, 2.05) is 48.5 Å². The number of furan rings is 1. The van der Waals surface area contributed by atoms with Gasteiger partial charge in [0, 0.05) is 36.1 Å². The summed E-state index contributed by atoms with van der Waals surface area (Å²) in [5.41, 5.74) is 3.42. The molecule has 0 saturated carbocycles. The SMILES string of the molecule is O=C(NCc1ccc(-c2cccnc2)nc1)c1cc2ccccc2o1. The van der Waals surface area contributed by atoms with E-state index in [9.17, 15) is 4.79 Å². The fraction of sp³-hybridized carbons (Fsp3) is 0.0500. The van der Waals surface area contributed by atoms with Crippen LogP contribution in [0.1, 0.15) is 16.1 Å². The molecule has 122 valence electrons. The predicted octanol–water partition coefficient (Wildman–Crippen LogP) is 3.82. The smallest absolute Gasteiger partial charge is 0.287 e. The molecule has 4 aromatic rings. The Morgan fingerprint density at radius 1 is 1.04 bits per heavy atom.